The van der Waals surface area contributed by atoms with Crippen LogP contribution in [0.2, 0.25) is 0 Å². The highest BCUT2D eigenvalue weighted by molar-refractivity contribution is 7.98. The Morgan fingerprint density at radius 3 is 2.36 bits per heavy atom. The number of nitrogens with one attached hydrogen (secondary N) is 1. The minimum Gasteiger partial charge on any atom is -0.449 e. The quantitative estimate of drug-likeness (QED) is 0.385. The normalized spacial score (nSPS) is 12.2. The van der Waals surface area contributed by atoms with Crippen LogP contribution in [0.5, 0.6) is 0 Å². The van der Waals surface area contributed by atoms with E-state index in [-0.39, 0.29) is 11.8 Å². The molecule has 0 fully saturated rings. The number of benzene rings is 2. The second-order valence-corrected chi connectivity index (χ2v) is 7.75. The van der Waals surface area contributed by atoms with Gasteiger partial charge in [-0.2, -0.15) is 0 Å². The minimum absolute atomic E-state index is 0.272. The van der Waals surface area contributed by atoms with E-state index in [9.17, 15) is 9.59 Å². The van der Waals surface area contributed by atoms with Gasteiger partial charge in [0, 0.05) is 16.7 Å². The van der Waals surface area contributed by atoms with Gasteiger partial charge in [0.05, 0.1) is 0 Å². The van der Waals surface area contributed by atoms with Gasteiger partial charge in [0.15, 0.2) is 6.10 Å². The number of ether oxygens (including phenoxy) is 1. The second kappa shape index (κ2) is 10.1. The number of carbonyl (C=O) groups is 2. The predicted octanol–water partition coefficient (Wildman–Crippen LogP) is 5.42. The first kappa shape index (κ1) is 21.8. The summed E-state index contributed by atoms with van der Waals surface area (Å²) >= 11 is 1.66. The Hall–Kier alpha value is -2.53. The maximum absolute atomic E-state index is 12.5. The third-order valence-corrected chi connectivity index (χ3v) is 5.11. The van der Waals surface area contributed by atoms with Crippen molar-refractivity contribution in [3.8, 4) is 0 Å². The molecule has 1 atom stereocenters. The van der Waals surface area contributed by atoms with Gasteiger partial charge in [0.25, 0.3) is 5.91 Å². The standard InChI is InChI=1S/C23H27NO3S/c1-15(2)20-8-6-7-16(3)22(20)24-23(26)17(4)27-21(25)14-11-18-9-12-19(28-5)13-10-18/h6-15,17H,1-5H3,(H,24,26)/b14-11+/t17-/m0/s1. The molecule has 0 heterocycles. The number of hydrogen-bond acceptors (Lipinski definition) is 4. The number of esters is 1. The fourth-order valence-corrected chi connectivity index (χ4v) is 3.12. The number of hydrogen-bond donors (Lipinski definition) is 1. The first-order valence-electron chi connectivity index (χ1n) is 9.25. The smallest absolute Gasteiger partial charge is 0.331 e. The number of para-hydroxylation sites is 1. The molecule has 0 saturated carbocycles. The lowest BCUT2D eigenvalue weighted by molar-refractivity contribution is -0.148. The highest BCUT2D eigenvalue weighted by Gasteiger charge is 2.19. The maximum atomic E-state index is 12.5. The van der Waals surface area contributed by atoms with Crippen LogP contribution >= 0.6 is 11.8 Å². The molecule has 4 nitrogen and oxygen atoms in total. The third-order valence-electron chi connectivity index (χ3n) is 4.37. The van der Waals surface area contributed by atoms with E-state index in [1.165, 1.54) is 6.08 Å². The zero-order chi connectivity index (χ0) is 20.7. The van der Waals surface area contributed by atoms with Crippen molar-refractivity contribution in [2.45, 2.75) is 44.6 Å². The lowest BCUT2D eigenvalue weighted by Gasteiger charge is -2.18. The number of aryl methyl sites for hydroxylation is 1. The zero-order valence-electron chi connectivity index (χ0n) is 17.0. The van der Waals surface area contributed by atoms with Crippen molar-refractivity contribution in [3.05, 3.63) is 65.2 Å². The summed E-state index contributed by atoms with van der Waals surface area (Å²) in [7, 11) is 0. The van der Waals surface area contributed by atoms with E-state index in [0.29, 0.717) is 0 Å². The molecular formula is C23H27NO3S. The number of carbonyl (C=O) groups excluding carboxylic acids is 2. The van der Waals surface area contributed by atoms with Crippen molar-refractivity contribution < 1.29 is 14.3 Å². The Labute approximate surface area is 171 Å². The third kappa shape index (κ3) is 5.99. The van der Waals surface area contributed by atoms with Gasteiger partial charge in [-0.1, -0.05) is 44.2 Å². The average molecular weight is 398 g/mol. The molecule has 0 unspecified atom stereocenters. The topological polar surface area (TPSA) is 55.4 Å². The molecule has 5 heteroatoms. The van der Waals surface area contributed by atoms with Gasteiger partial charge < -0.3 is 10.1 Å². The zero-order valence-corrected chi connectivity index (χ0v) is 17.8. The molecule has 2 aromatic rings. The first-order valence-corrected chi connectivity index (χ1v) is 10.5. The average Bonchev–Trinajstić information content (AvgIpc) is 2.67. The van der Waals surface area contributed by atoms with Crippen molar-refractivity contribution in [1.29, 1.82) is 0 Å². The van der Waals surface area contributed by atoms with E-state index in [1.807, 2.05) is 55.6 Å². The van der Waals surface area contributed by atoms with Crippen LogP contribution in [-0.4, -0.2) is 24.2 Å². The number of amides is 1. The molecular weight excluding hydrogens is 370 g/mol. The molecule has 2 aromatic carbocycles. The molecule has 0 aliphatic heterocycles. The van der Waals surface area contributed by atoms with Gasteiger partial charge in [-0.25, -0.2) is 4.79 Å². The Kier molecular flexibility index (Phi) is 7.88. The van der Waals surface area contributed by atoms with Gasteiger partial charge in [-0.15, -0.1) is 11.8 Å². The van der Waals surface area contributed by atoms with Crippen LogP contribution in [0.1, 0.15) is 43.4 Å². The van der Waals surface area contributed by atoms with Gasteiger partial charge in [-0.3, -0.25) is 4.79 Å². The molecule has 0 aliphatic carbocycles. The highest BCUT2D eigenvalue weighted by Crippen LogP contribution is 2.27. The lowest BCUT2D eigenvalue weighted by atomic mass is 9.98. The first-order chi connectivity index (χ1) is 13.3. The fraction of sp³-hybridized carbons (Fsp3) is 0.304. The summed E-state index contributed by atoms with van der Waals surface area (Å²) in [5, 5.41) is 2.91. The molecule has 0 aromatic heterocycles. The van der Waals surface area contributed by atoms with Crippen LogP contribution in [0.4, 0.5) is 5.69 Å². The molecule has 28 heavy (non-hydrogen) atoms. The minimum atomic E-state index is -0.893. The van der Waals surface area contributed by atoms with Crippen LogP contribution in [-0.2, 0) is 14.3 Å². The number of rotatable bonds is 7. The summed E-state index contributed by atoms with van der Waals surface area (Å²) in [6.45, 7) is 7.67. The van der Waals surface area contributed by atoms with Crippen LogP contribution in [0.15, 0.2) is 53.4 Å². The predicted molar refractivity (Wildman–Crippen MR) is 117 cm³/mol. The fourth-order valence-electron chi connectivity index (χ4n) is 2.71. The number of thioether (sulfide) groups is 1. The molecule has 0 bridgehead atoms. The van der Waals surface area contributed by atoms with Crippen LogP contribution < -0.4 is 5.32 Å². The van der Waals surface area contributed by atoms with E-state index in [0.717, 1.165) is 27.3 Å². The summed E-state index contributed by atoms with van der Waals surface area (Å²) < 4.78 is 5.25. The van der Waals surface area contributed by atoms with Crippen LogP contribution in [0.25, 0.3) is 6.08 Å². The van der Waals surface area contributed by atoms with Gasteiger partial charge in [-0.05, 0) is 60.9 Å². The Bertz CT molecular complexity index is 857. The maximum Gasteiger partial charge on any atom is 0.331 e. The van der Waals surface area contributed by atoms with Crippen molar-refractivity contribution in [1.82, 2.24) is 0 Å². The Morgan fingerprint density at radius 2 is 1.75 bits per heavy atom. The molecule has 1 N–H and O–H groups in total. The van der Waals surface area contributed by atoms with Crippen molar-refractivity contribution in [2.75, 3.05) is 11.6 Å². The second-order valence-electron chi connectivity index (χ2n) is 6.87. The lowest BCUT2D eigenvalue weighted by Crippen LogP contribution is -2.30. The van der Waals surface area contributed by atoms with E-state index in [1.54, 1.807) is 24.8 Å². The monoisotopic (exact) mass is 397 g/mol. The van der Waals surface area contributed by atoms with Gasteiger partial charge in [0.1, 0.15) is 0 Å². The van der Waals surface area contributed by atoms with Crippen molar-refractivity contribution in [2.24, 2.45) is 0 Å². The highest BCUT2D eigenvalue weighted by atomic mass is 32.2. The molecule has 0 saturated heterocycles. The molecule has 1 amide bonds. The molecule has 0 aliphatic rings. The van der Waals surface area contributed by atoms with E-state index in [2.05, 4.69) is 19.2 Å². The number of anilines is 1. The largest absolute Gasteiger partial charge is 0.449 e. The summed E-state index contributed by atoms with van der Waals surface area (Å²) in [4.78, 5) is 25.7. The summed E-state index contributed by atoms with van der Waals surface area (Å²) in [6.07, 6.45) is 4.13. The van der Waals surface area contributed by atoms with Crippen molar-refractivity contribution >= 4 is 35.4 Å². The summed E-state index contributed by atoms with van der Waals surface area (Å²) in [5.41, 5.74) is 3.72. The summed E-state index contributed by atoms with van der Waals surface area (Å²) in [5.74, 6) is -0.624. The Balaban J connectivity index is 1.98. The van der Waals surface area contributed by atoms with Crippen LogP contribution in [0.3, 0.4) is 0 Å². The van der Waals surface area contributed by atoms with Gasteiger partial charge >= 0.3 is 5.97 Å². The van der Waals surface area contributed by atoms with Gasteiger partial charge in [0.2, 0.25) is 0 Å². The molecule has 0 spiro atoms. The Morgan fingerprint density at radius 1 is 1.07 bits per heavy atom. The van der Waals surface area contributed by atoms with Crippen molar-refractivity contribution in [3.63, 3.8) is 0 Å². The SMILES string of the molecule is CSc1ccc(/C=C/C(=O)O[C@@H](C)C(=O)Nc2c(C)cccc2C(C)C)cc1. The summed E-state index contributed by atoms with van der Waals surface area (Å²) in [6, 6.07) is 13.7. The van der Waals surface area contributed by atoms with E-state index < -0.39 is 12.1 Å². The molecule has 2 rings (SSSR count). The molecule has 148 valence electrons. The van der Waals surface area contributed by atoms with E-state index >= 15 is 0 Å². The molecule has 0 radical (unpaired) electrons. The van der Waals surface area contributed by atoms with Crippen LogP contribution in [0, 0.1) is 6.92 Å². The van der Waals surface area contributed by atoms with E-state index in [4.69, 9.17) is 4.74 Å².